The van der Waals surface area contributed by atoms with Crippen molar-refractivity contribution in [3.63, 3.8) is 0 Å². The summed E-state index contributed by atoms with van der Waals surface area (Å²) in [6.45, 7) is 6.57. The smallest absolute Gasteiger partial charge is 0.306 e. The monoisotopic (exact) mass is 895 g/mol. The molecule has 0 aromatic carbocycles. The molecule has 0 aromatic rings. The van der Waals surface area contributed by atoms with Gasteiger partial charge >= 0.3 is 17.9 Å². The maximum atomic E-state index is 12.8. The van der Waals surface area contributed by atoms with Gasteiger partial charge in [0.25, 0.3) is 0 Å². The molecule has 0 saturated carbocycles. The van der Waals surface area contributed by atoms with E-state index >= 15 is 0 Å². The third kappa shape index (κ3) is 50.1. The lowest BCUT2D eigenvalue weighted by molar-refractivity contribution is -0.167. The van der Waals surface area contributed by atoms with E-state index in [4.69, 9.17) is 14.2 Å². The van der Waals surface area contributed by atoms with Crippen LogP contribution >= 0.6 is 0 Å². The summed E-state index contributed by atoms with van der Waals surface area (Å²) in [7, 11) is 0. The highest BCUT2D eigenvalue weighted by Crippen LogP contribution is 2.15. The van der Waals surface area contributed by atoms with Crippen LogP contribution in [0.4, 0.5) is 0 Å². The lowest BCUT2D eigenvalue weighted by Gasteiger charge is -2.18. The molecule has 0 radical (unpaired) electrons. The van der Waals surface area contributed by atoms with Gasteiger partial charge in [0.2, 0.25) is 0 Å². The van der Waals surface area contributed by atoms with Gasteiger partial charge in [0.1, 0.15) is 13.2 Å². The van der Waals surface area contributed by atoms with E-state index in [1.807, 2.05) is 0 Å². The lowest BCUT2D eigenvalue weighted by Crippen LogP contribution is -2.30. The van der Waals surface area contributed by atoms with Gasteiger partial charge in [-0.1, -0.05) is 229 Å². The van der Waals surface area contributed by atoms with Gasteiger partial charge in [0.05, 0.1) is 0 Å². The molecule has 6 nitrogen and oxygen atoms in total. The van der Waals surface area contributed by atoms with Gasteiger partial charge in [-0.05, 0) is 83.5 Å². The summed E-state index contributed by atoms with van der Waals surface area (Å²) in [6, 6.07) is 0. The molecule has 0 aromatic heterocycles. The molecule has 0 aliphatic rings. The first-order valence-electron chi connectivity index (χ1n) is 27.3. The van der Waals surface area contributed by atoms with Crippen molar-refractivity contribution in [1.29, 1.82) is 0 Å². The molecule has 0 bridgehead atoms. The van der Waals surface area contributed by atoms with Crippen molar-refractivity contribution in [1.82, 2.24) is 0 Å². The summed E-state index contributed by atoms with van der Waals surface area (Å²) in [5.74, 6) is -0.946. The second-order valence-electron chi connectivity index (χ2n) is 18.1. The first-order chi connectivity index (χ1) is 31.5. The fraction of sp³-hybridized carbons (Fsp3) is 0.776. The van der Waals surface area contributed by atoms with Gasteiger partial charge in [-0.2, -0.15) is 0 Å². The Hall–Kier alpha value is -2.89. The van der Waals surface area contributed by atoms with Crippen LogP contribution in [0.3, 0.4) is 0 Å². The molecular weight excluding hydrogens is 793 g/mol. The number of unbranched alkanes of at least 4 members (excludes halogenated alkanes) is 28. The second kappa shape index (κ2) is 52.7. The molecule has 1 atom stereocenters. The van der Waals surface area contributed by atoms with E-state index in [0.717, 1.165) is 64.2 Å². The van der Waals surface area contributed by atoms with Gasteiger partial charge in [-0.25, -0.2) is 0 Å². The Kier molecular flexibility index (Phi) is 50.4. The molecule has 0 heterocycles. The van der Waals surface area contributed by atoms with Crippen LogP contribution in [0, 0.1) is 0 Å². The molecule has 0 unspecified atom stereocenters. The summed E-state index contributed by atoms with van der Waals surface area (Å²) in [4.78, 5) is 38.0. The van der Waals surface area contributed by atoms with Gasteiger partial charge < -0.3 is 14.2 Å². The van der Waals surface area contributed by atoms with E-state index < -0.39 is 6.10 Å². The van der Waals surface area contributed by atoms with Crippen LogP contribution in [0.5, 0.6) is 0 Å². The largest absolute Gasteiger partial charge is 0.462 e. The highest BCUT2D eigenvalue weighted by atomic mass is 16.6. The Morgan fingerprint density at radius 3 is 0.984 bits per heavy atom. The molecule has 0 aliphatic heterocycles. The number of ether oxygens (including phenoxy) is 3. The SMILES string of the molecule is CCCCC/C=C\C/C=C\C/C=C\C/C=C\CCCC(=O)OC[C@@H](COC(=O)CCCCCCCCCCCCCC)OC(=O)CCCCCCCCC/C=C\CCCCCCCC. The number of esters is 3. The zero-order chi connectivity index (χ0) is 46.5. The molecule has 0 saturated heterocycles. The van der Waals surface area contributed by atoms with Crippen molar-refractivity contribution in [2.24, 2.45) is 0 Å². The number of hydrogen-bond acceptors (Lipinski definition) is 6. The minimum Gasteiger partial charge on any atom is -0.462 e. The van der Waals surface area contributed by atoms with Crippen molar-refractivity contribution in [2.45, 2.75) is 277 Å². The van der Waals surface area contributed by atoms with Crippen molar-refractivity contribution in [2.75, 3.05) is 13.2 Å². The highest BCUT2D eigenvalue weighted by molar-refractivity contribution is 5.71. The zero-order valence-corrected chi connectivity index (χ0v) is 42.3. The van der Waals surface area contributed by atoms with Crippen molar-refractivity contribution in [3.8, 4) is 0 Å². The highest BCUT2D eigenvalue weighted by Gasteiger charge is 2.19. The van der Waals surface area contributed by atoms with E-state index in [9.17, 15) is 14.4 Å². The first-order valence-corrected chi connectivity index (χ1v) is 27.3. The summed E-state index contributed by atoms with van der Waals surface area (Å²) < 4.78 is 16.8. The average Bonchev–Trinajstić information content (AvgIpc) is 3.29. The quantitative estimate of drug-likeness (QED) is 0.0262. The minimum absolute atomic E-state index is 0.0907. The van der Waals surface area contributed by atoms with Crippen molar-refractivity contribution in [3.05, 3.63) is 60.8 Å². The topological polar surface area (TPSA) is 78.9 Å². The van der Waals surface area contributed by atoms with E-state index in [0.29, 0.717) is 19.3 Å². The van der Waals surface area contributed by atoms with Crippen LogP contribution in [-0.2, 0) is 28.6 Å². The maximum Gasteiger partial charge on any atom is 0.306 e. The number of carbonyl (C=O) groups excluding carboxylic acids is 3. The van der Waals surface area contributed by atoms with Crippen LogP contribution in [0.15, 0.2) is 60.8 Å². The molecule has 0 rings (SSSR count). The lowest BCUT2D eigenvalue weighted by atomic mass is 10.0. The molecule has 370 valence electrons. The van der Waals surface area contributed by atoms with Crippen LogP contribution in [-0.4, -0.2) is 37.2 Å². The number of allylic oxidation sites excluding steroid dienone is 10. The van der Waals surface area contributed by atoms with Gasteiger partial charge in [0.15, 0.2) is 6.10 Å². The fourth-order valence-electron chi connectivity index (χ4n) is 7.61. The van der Waals surface area contributed by atoms with Gasteiger partial charge in [-0.15, -0.1) is 0 Å². The fourth-order valence-corrected chi connectivity index (χ4v) is 7.61. The van der Waals surface area contributed by atoms with Crippen molar-refractivity contribution >= 4 is 17.9 Å². The molecular formula is C58H102O6. The van der Waals surface area contributed by atoms with Crippen molar-refractivity contribution < 1.29 is 28.6 Å². The summed E-state index contributed by atoms with van der Waals surface area (Å²) in [5.41, 5.74) is 0. The van der Waals surface area contributed by atoms with Crippen LogP contribution < -0.4 is 0 Å². The average molecular weight is 895 g/mol. The molecule has 0 amide bonds. The molecule has 6 heteroatoms. The van der Waals surface area contributed by atoms with E-state index in [1.165, 1.54) is 161 Å². The zero-order valence-electron chi connectivity index (χ0n) is 42.3. The third-order valence-electron chi connectivity index (χ3n) is 11.7. The third-order valence-corrected chi connectivity index (χ3v) is 11.7. The molecule has 0 N–H and O–H groups in total. The minimum atomic E-state index is -0.796. The molecule has 0 aliphatic carbocycles. The standard InChI is InChI=1S/C58H102O6/c1-4-7-10-13-16-19-22-25-27-29-31-33-36-39-42-45-48-51-57(60)63-54-55(53-62-56(59)50-47-44-41-38-35-24-21-18-15-12-9-6-3)64-58(61)52-49-46-43-40-37-34-32-30-28-26-23-20-17-14-11-8-5-2/h16,19,25-28,31,33,39,42,55H,4-15,17-18,20-24,29-30,32,34-38,40-41,43-54H2,1-3H3/b19-16-,27-25-,28-26-,33-31-,42-39-/t55-/m1/s1. The Balaban J connectivity index is 4.44. The second-order valence-corrected chi connectivity index (χ2v) is 18.1. The summed E-state index contributed by atoms with van der Waals surface area (Å²) >= 11 is 0. The summed E-state index contributed by atoms with van der Waals surface area (Å²) in [6.07, 6.45) is 64.9. The van der Waals surface area contributed by atoms with Gasteiger partial charge in [-0.3, -0.25) is 14.4 Å². The predicted octanol–water partition coefficient (Wildman–Crippen LogP) is 18.0. The number of rotatable bonds is 49. The Morgan fingerprint density at radius 1 is 0.312 bits per heavy atom. The molecule has 0 spiro atoms. The van der Waals surface area contributed by atoms with Crippen LogP contribution in [0.2, 0.25) is 0 Å². The summed E-state index contributed by atoms with van der Waals surface area (Å²) in [5, 5.41) is 0. The Labute approximate surface area is 396 Å². The van der Waals surface area contributed by atoms with Crippen LogP contribution in [0.25, 0.3) is 0 Å². The molecule has 64 heavy (non-hydrogen) atoms. The maximum absolute atomic E-state index is 12.8. The number of hydrogen-bond donors (Lipinski definition) is 0. The molecule has 0 fully saturated rings. The number of carbonyl (C=O) groups is 3. The van der Waals surface area contributed by atoms with E-state index in [-0.39, 0.29) is 37.5 Å². The normalized spacial score (nSPS) is 12.5. The Morgan fingerprint density at radius 2 is 0.578 bits per heavy atom. The Bertz CT molecular complexity index is 1170. The van der Waals surface area contributed by atoms with Crippen LogP contribution in [0.1, 0.15) is 271 Å². The van der Waals surface area contributed by atoms with Gasteiger partial charge in [0, 0.05) is 19.3 Å². The predicted molar refractivity (Wildman–Crippen MR) is 275 cm³/mol. The first kappa shape index (κ1) is 61.1. The van der Waals surface area contributed by atoms with E-state index in [1.54, 1.807) is 0 Å². The van der Waals surface area contributed by atoms with E-state index in [2.05, 4.69) is 81.5 Å².